The van der Waals surface area contributed by atoms with Crippen molar-refractivity contribution in [1.82, 2.24) is 0 Å². The Kier molecular flexibility index (Phi) is 4.31. The molecule has 78 valence electrons. The molecule has 0 spiro atoms. The van der Waals surface area contributed by atoms with Gasteiger partial charge in [-0.05, 0) is 29.6 Å². The van der Waals surface area contributed by atoms with Gasteiger partial charge in [0.25, 0.3) is 0 Å². The van der Waals surface area contributed by atoms with E-state index in [1.807, 2.05) is 0 Å². The van der Waals surface area contributed by atoms with Gasteiger partial charge in [0, 0.05) is 17.5 Å². The summed E-state index contributed by atoms with van der Waals surface area (Å²) in [6, 6.07) is 3.28. The highest BCUT2D eigenvalue weighted by atomic mass is 19.1. The van der Waals surface area contributed by atoms with Gasteiger partial charge >= 0.3 is 0 Å². The van der Waals surface area contributed by atoms with E-state index < -0.39 is 11.6 Å². The van der Waals surface area contributed by atoms with Crippen LogP contribution in [0.5, 0.6) is 0 Å². The SMILES string of the molecule is [N-]=[N+]=NCCC=Cc1cc(F)cc(F)c1. The van der Waals surface area contributed by atoms with Crippen LogP contribution < -0.4 is 0 Å². The number of hydrogen-bond donors (Lipinski definition) is 0. The molecule has 0 heterocycles. The van der Waals surface area contributed by atoms with Crippen molar-refractivity contribution in [1.29, 1.82) is 0 Å². The molecule has 0 atom stereocenters. The standard InChI is InChI=1S/C10H9F2N3/c11-9-5-8(6-10(12)7-9)3-1-2-4-14-15-13/h1,3,5-7H,2,4H2. The molecule has 0 aliphatic carbocycles. The molecule has 1 aromatic carbocycles. The van der Waals surface area contributed by atoms with Gasteiger partial charge in [-0.15, -0.1) is 0 Å². The summed E-state index contributed by atoms with van der Waals surface area (Å²) in [6.45, 7) is 0.338. The third kappa shape index (κ3) is 4.24. The zero-order valence-corrected chi connectivity index (χ0v) is 7.90. The van der Waals surface area contributed by atoms with Crippen molar-refractivity contribution in [3.05, 3.63) is 51.9 Å². The van der Waals surface area contributed by atoms with E-state index in [4.69, 9.17) is 5.53 Å². The monoisotopic (exact) mass is 209 g/mol. The van der Waals surface area contributed by atoms with Crippen molar-refractivity contribution >= 4 is 6.08 Å². The molecule has 0 fully saturated rings. The Bertz CT molecular complexity index is 389. The second kappa shape index (κ2) is 5.78. The number of nitrogens with zero attached hydrogens (tertiary/aromatic N) is 3. The Morgan fingerprint density at radius 3 is 2.53 bits per heavy atom. The fourth-order valence-electron chi connectivity index (χ4n) is 1.07. The average Bonchev–Trinajstić information content (AvgIpc) is 2.16. The van der Waals surface area contributed by atoms with Crippen molar-refractivity contribution in [3.63, 3.8) is 0 Å². The lowest BCUT2D eigenvalue weighted by atomic mass is 10.2. The Balaban J connectivity index is 2.59. The van der Waals surface area contributed by atoms with Crippen LogP contribution in [-0.2, 0) is 0 Å². The molecule has 0 aliphatic rings. The first-order valence-electron chi connectivity index (χ1n) is 4.36. The molecular weight excluding hydrogens is 200 g/mol. The van der Waals surface area contributed by atoms with Crippen LogP contribution in [0, 0.1) is 11.6 Å². The van der Waals surface area contributed by atoms with Crippen LogP contribution in [0.2, 0.25) is 0 Å². The third-order valence-corrected chi connectivity index (χ3v) is 1.65. The highest BCUT2D eigenvalue weighted by Crippen LogP contribution is 2.09. The number of hydrogen-bond acceptors (Lipinski definition) is 1. The van der Waals surface area contributed by atoms with Crippen LogP contribution >= 0.6 is 0 Å². The molecule has 0 unspecified atom stereocenters. The second-order valence-electron chi connectivity index (χ2n) is 2.85. The minimum Gasteiger partial charge on any atom is -0.207 e. The quantitative estimate of drug-likeness (QED) is 0.314. The summed E-state index contributed by atoms with van der Waals surface area (Å²) >= 11 is 0. The van der Waals surface area contributed by atoms with Gasteiger partial charge in [0.1, 0.15) is 11.6 Å². The van der Waals surface area contributed by atoms with E-state index in [1.54, 1.807) is 12.2 Å². The van der Waals surface area contributed by atoms with E-state index in [2.05, 4.69) is 10.0 Å². The van der Waals surface area contributed by atoms with Gasteiger partial charge in [0.05, 0.1) is 0 Å². The summed E-state index contributed by atoms with van der Waals surface area (Å²) in [6.07, 6.45) is 3.82. The van der Waals surface area contributed by atoms with E-state index in [-0.39, 0.29) is 0 Å². The Morgan fingerprint density at radius 1 is 1.27 bits per heavy atom. The predicted octanol–water partition coefficient (Wildman–Crippen LogP) is 3.68. The molecule has 0 bridgehead atoms. The lowest BCUT2D eigenvalue weighted by Gasteiger charge is -1.94. The van der Waals surface area contributed by atoms with Gasteiger partial charge < -0.3 is 0 Å². The smallest absolute Gasteiger partial charge is 0.126 e. The van der Waals surface area contributed by atoms with Gasteiger partial charge in [-0.25, -0.2) is 8.78 Å². The highest BCUT2D eigenvalue weighted by Gasteiger charge is 1.96. The van der Waals surface area contributed by atoms with Gasteiger partial charge in [0.15, 0.2) is 0 Å². The van der Waals surface area contributed by atoms with Crippen molar-refractivity contribution in [2.45, 2.75) is 6.42 Å². The van der Waals surface area contributed by atoms with Gasteiger partial charge in [-0.2, -0.15) is 0 Å². The van der Waals surface area contributed by atoms with Crippen LogP contribution in [0.3, 0.4) is 0 Å². The number of azide groups is 1. The van der Waals surface area contributed by atoms with Crippen LogP contribution in [0.25, 0.3) is 16.5 Å². The predicted molar refractivity (Wildman–Crippen MR) is 54.0 cm³/mol. The molecule has 0 saturated heterocycles. The van der Waals surface area contributed by atoms with Crippen molar-refractivity contribution in [3.8, 4) is 0 Å². The Labute approximate surface area is 85.7 Å². The summed E-state index contributed by atoms with van der Waals surface area (Å²) in [5.74, 6) is -1.21. The molecular formula is C10H9F2N3. The first-order chi connectivity index (χ1) is 7.22. The number of halogens is 2. The topological polar surface area (TPSA) is 48.8 Å². The van der Waals surface area contributed by atoms with E-state index in [1.165, 1.54) is 12.1 Å². The summed E-state index contributed by atoms with van der Waals surface area (Å²) in [5.41, 5.74) is 8.44. The average molecular weight is 209 g/mol. The summed E-state index contributed by atoms with van der Waals surface area (Å²) in [5, 5.41) is 3.32. The van der Waals surface area contributed by atoms with Crippen molar-refractivity contribution in [2.24, 2.45) is 5.11 Å². The van der Waals surface area contributed by atoms with Crippen LogP contribution in [0.15, 0.2) is 29.4 Å². The fraction of sp³-hybridized carbons (Fsp3) is 0.200. The van der Waals surface area contributed by atoms with Gasteiger partial charge in [-0.3, -0.25) is 0 Å². The lowest BCUT2D eigenvalue weighted by Crippen LogP contribution is -1.82. The van der Waals surface area contributed by atoms with Crippen LogP contribution in [0.1, 0.15) is 12.0 Å². The maximum Gasteiger partial charge on any atom is 0.126 e. The molecule has 1 aromatic rings. The largest absolute Gasteiger partial charge is 0.207 e. The van der Waals surface area contributed by atoms with Crippen molar-refractivity contribution < 1.29 is 8.78 Å². The maximum absolute atomic E-state index is 12.7. The third-order valence-electron chi connectivity index (χ3n) is 1.65. The molecule has 0 radical (unpaired) electrons. The molecule has 3 nitrogen and oxygen atoms in total. The van der Waals surface area contributed by atoms with Crippen LogP contribution in [-0.4, -0.2) is 6.54 Å². The molecule has 1 rings (SSSR count). The van der Waals surface area contributed by atoms with Crippen molar-refractivity contribution in [2.75, 3.05) is 6.54 Å². The highest BCUT2D eigenvalue weighted by molar-refractivity contribution is 5.49. The lowest BCUT2D eigenvalue weighted by molar-refractivity contribution is 0.583. The minimum absolute atomic E-state index is 0.338. The van der Waals surface area contributed by atoms with Gasteiger partial charge in [0.2, 0.25) is 0 Å². The van der Waals surface area contributed by atoms with E-state index in [9.17, 15) is 8.78 Å². The summed E-state index contributed by atoms with van der Waals surface area (Å²) in [7, 11) is 0. The summed E-state index contributed by atoms with van der Waals surface area (Å²) in [4.78, 5) is 2.58. The fourth-order valence-corrected chi connectivity index (χ4v) is 1.07. The maximum atomic E-state index is 12.7. The Morgan fingerprint density at radius 2 is 1.93 bits per heavy atom. The Hall–Kier alpha value is -1.87. The normalized spacial score (nSPS) is 10.3. The van der Waals surface area contributed by atoms with E-state index in [0.29, 0.717) is 18.5 Å². The zero-order valence-electron chi connectivity index (χ0n) is 7.90. The van der Waals surface area contributed by atoms with E-state index >= 15 is 0 Å². The van der Waals surface area contributed by atoms with E-state index in [0.717, 1.165) is 6.07 Å². The molecule has 0 amide bonds. The molecule has 0 saturated carbocycles. The molecule has 0 N–H and O–H groups in total. The first kappa shape index (κ1) is 11.2. The molecule has 5 heteroatoms. The first-order valence-corrected chi connectivity index (χ1v) is 4.36. The van der Waals surface area contributed by atoms with Gasteiger partial charge in [-0.1, -0.05) is 17.3 Å². The van der Waals surface area contributed by atoms with Crippen LogP contribution in [0.4, 0.5) is 8.78 Å². The zero-order chi connectivity index (χ0) is 11.1. The number of rotatable bonds is 4. The molecule has 0 aromatic heterocycles. The molecule has 15 heavy (non-hydrogen) atoms. The molecule has 0 aliphatic heterocycles. The minimum atomic E-state index is -0.607. The second-order valence-corrected chi connectivity index (χ2v) is 2.85. The summed E-state index contributed by atoms with van der Waals surface area (Å²) < 4.78 is 25.4. The number of benzene rings is 1.